The summed E-state index contributed by atoms with van der Waals surface area (Å²) in [4.78, 5) is 1.16. The van der Waals surface area contributed by atoms with Crippen molar-refractivity contribution in [3.8, 4) is 5.75 Å². The van der Waals surface area contributed by atoms with Gasteiger partial charge in [-0.15, -0.1) is 11.3 Å². The Morgan fingerprint density at radius 1 is 1.10 bits per heavy atom. The second-order valence-electron chi connectivity index (χ2n) is 4.88. The summed E-state index contributed by atoms with van der Waals surface area (Å²) >= 11 is 1.66. The maximum atomic E-state index is 6.29. The monoisotopic (exact) mass is 283 g/mol. The van der Waals surface area contributed by atoms with Crippen molar-refractivity contribution in [1.82, 2.24) is 0 Å². The quantitative estimate of drug-likeness (QED) is 0.780. The van der Waals surface area contributed by atoms with Crippen LogP contribution in [0, 0.1) is 0 Å². The predicted octanol–water partition coefficient (Wildman–Crippen LogP) is 4.15. The molecular weight excluding hydrogens is 266 g/mol. The predicted molar refractivity (Wildman–Crippen MR) is 85.5 cm³/mol. The first-order valence-corrected chi connectivity index (χ1v) is 7.50. The number of ether oxygens (including phenoxy) is 1. The average Bonchev–Trinajstić information content (AvgIpc) is 2.96. The van der Waals surface area contributed by atoms with Crippen LogP contribution in [-0.2, 0) is 6.42 Å². The molecule has 0 aliphatic carbocycles. The zero-order valence-electron chi connectivity index (χ0n) is 11.4. The second-order valence-corrected chi connectivity index (χ2v) is 5.82. The van der Waals surface area contributed by atoms with Crippen LogP contribution in [0.15, 0.2) is 53.9 Å². The van der Waals surface area contributed by atoms with Crippen molar-refractivity contribution in [2.45, 2.75) is 12.5 Å². The highest BCUT2D eigenvalue weighted by atomic mass is 32.1. The van der Waals surface area contributed by atoms with Crippen molar-refractivity contribution in [3.05, 3.63) is 64.4 Å². The fourth-order valence-electron chi connectivity index (χ4n) is 2.36. The second kappa shape index (κ2) is 5.65. The number of methoxy groups -OCH3 is 1. The third-order valence-electron chi connectivity index (χ3n) is 3.47. The van der Waals surface area contributed by atoms with E-state index in [2.05, 4.69) is 42.5 Å². The van der Waals surface area contributed by atoms with E-state index in [0.29, 0.717) is 0 Å². The molecule has 0 spiro atoms. The first-order valence-electron chi connectivity index (χ1n) is 6.62. The van der Waals surface area contributed by atoms with Gasteiger partial charge >= 0.3 is 0 Å². The molecule has 102 valence electrons. The molecule has 2 nitrogen and oxygen atoms in total. The summed E-state index contributed by atoms with van der Waals surface area (Å²) < 4.78 is 5.21. The topological polar surface area (TPSA) is 35.2 Å². The van der Waals surface area contributed by atoms with Crippen molar-refractivity contribution in [2.75, 3.05) is 7.11 Å². The van der Waals surface area contributed by atoms with E-state index in [4.69, 9.17) is 10.5 Å². The van der Waals surface area contributed by atoms with E-state index < -0.39 is 0 Å². The minimum atomic E-state index is 0.0186. The van der Waals surface area contributed by atoms with Crippen molar-refractivity contribution in [1.29, 1.82) is 0 Å². The highest BCUT2D eigenvalue weighted by Gasteiger charge is 2.10. The number of rotatable bonds is 4. The van der Waals surface area contributed by atoms with Gasteiger partial charge in [0.05, 0.1) is 7.11 Å². The van der Waals surface area contributed by atoms with Gasteiger partial charge in [-0.05, 0) is 28.8 Å². The Kier molecular flexibility index (Phi) is 3.72. The van der Waals surface area contributed by atoms with E-state index in [1.54, 1.807) is 18.4 Å². The van der Waals surface area contributed by atoms with E-state index >= 15 is 0 Å². The summed E-state index contributed by atoms with van der Waals surface area (Å²) in [5.41, 5.74) is 7.56. The molecule has 0 aliphatic rings. The lowest BCUT2D eigenvalue weighted by molar-refractivity contribution is 0.416. The van der Waals surface area contributed by atoms with Gasteiger partial charge in [-0.2, -0.15) is 0 Å². The lowest BCUT2D eigenvalue weighted by Crippen LogP contribution is -2.11. The standard InChI is InChI=1S/C17H17NOS/c1-19-15-10-17(20-11-15)16(18)9-12-6-7-13-4-2-3-5-14(13)8-12/h2-8,10-11,16H,9,18H2,1H3. The van der Waals surface area contributed by atoms with Crippen molar-refractivity contribution in [2.24, 2.45) is 5.73 Å². The third kappa shape index (κ3) is 2.69. The molecule has 20 heavy (non-hydrogen) atoms. The molecule has 0 saturated heterocycles. The maximum absolute atomic E-state index is 6.29. The van der Waals surface area contributed by atoms with Crippen LogP contribution in [0.3, 0.4) is 0 Å². The van der Waals surface area contributed by atoms with Gasteiger partial charge in [-0.3, -0.25) is 0 Å². The molecule has 0 bridgehead atoms. The van der Waals surface area contributed by atoms with Crippen molar-refractivity contribution in [3.63, 3.8) is 0 Å². The molecule has 3 heteroatoms. The summed E-state index contributed by atoms with van der Waals surface area (Å²) in [7, 11) is 1.68. The first kappa shape index (κ1) is 13.2. The number of hydrogen-bond acceptors (Lipinski definition) is 3. The van der Waals surface area contributed by atoms with E-state index in [1.807, 2.05) is 11.4 Å². The van der Waals surface area contributed by atoms with Gasteiger partial charge in [0.15, 0.2) is 0 Å². The molecule has 0 amide bonds. The summed E-state index contributed by atoms with van der Waals surface area (Å²) in [5, 5.41) is 4.53. The van der Waals surface area contributed by atoms with Crippen molar-refractivity contribution < 1.29 is 4.74 Å². The molecule has 0 aliphatic heterocycles. The van der Waals surface area contributed by atoms with Crippen LogP contribution in [0.25, 0.3) is 10.8 Å². The van der Waals surface area contributed by atoms with Gasteiger partial charge < -0.3 is 10.5 Å². The lowest BCUT2D eigenvalue weighted by atomic mass is 10.0. The third-order valence-corrected chi connectivity index (χ3v) is 4.51. The fourth-order valence-corrected chi connectivity index (χ4v) is 3.21. The molecule has 1 aromatic heterocycles. The van der Waals surface area contributed by atoms with Crippen LogP contribution in [0.1, 0.15) is 16.5 Å². The van der Waals surface area contributed by atoms with Gasteiger partial charge in [0, 0.05) is 16.3 Å². The first-order chi connectivity index (χ1) is 9.76. The summed E-state index contributed by atoms with van der Waals surface area (Å²) in [5.74, 6) is 0.888. The Labute approximate surface area is 122 Å². The van der Waals surface area contributed by atoms with Gasteiger partial charge in [-0.25, -0.2) is 0 Å². The number of fused-ring (bicyclic) bond motifs is 1. The normalized spacial score (nSPS) is 12.5. The molecule has 0 saturated carbocycles. The van der Waals surface area contributed by atoms with E-state index in [-0.39, 0.29) is 6.04 Å². The summed E-state index contributed by atoms with van der Waals surface area (Å²) in [6.45, 7) is 0. The number of benzene rings is 2. The molecule has 3 rings (SSSR count). The van der Waals surface area contributed by atoms with Gasteiger partial charge in [0.2, 0.25) is 0 Å². The lowest BCUT2D eigenvalue weighted by Gasteiger charge is -2.10. The highest BCUT2D eigenvalue weighted by molar-refractivity contribution is 7.10. The highest BCUT2D eigenvalue weighted by Crippen LogP contribution is 2.28. The van der Waals surface area contributed by atoms with E-state index in [9.17, 15) is 0 Å². The van der Waals surface area contributed by atoms with Crippen LogP contribution in [0.5, 0.6) is 5.75 Å². The molecule has 0 radical (unpaired) electrons. The average molecular weight is 283 g/mol. The Bertz CT molecular complexity index is 720. The summed E-state index contributed by atoms with van der Waals surface area (Å²) in [6, 6.07) is 17.0. The smallest absolute Gasteiger partial charge is 0.129 e. The zero-order chi connectivity index (χ0) is 13.9. The number of nitrogens with two attached hydrogens (primary N) is 1. The Morgan fingerprint density at radius 2 is 1.90 bits per heavy atom. The molecule has 1 heterocycles. The molecule has 1 unspecified atom stereocenters. The Balaban J connectivity index is 1.81. The number of thiophene rings is 1. The minimum Gasteiger partial charge on any atom is -0.496 e. The van der Waals surface area contributed by atoms with Crippen LogP contribution >= 0.6 is 11.3 Å². The van der Waals surface area contributed by atoms with Crippen LogP contribution in [0.4, 0.5) is 0 Å². The van der Waals surface area contributed by atoms with Gasteiger partial charge in [0.25, 0.3) is 0 Å². The molecule has 2 aromatic carbocycles. The molecular formula is C17H17NOS. The van der Waals surface area contributed by atoms with E-state index in [1.165, 1.54) is 16.3 Å². The summed E-state index contributed by atoms with van der Waals surface area (Å²) in [6.07, 6.45) is 0.842. The van der Waals surface area contributed by atoms with Crippen LogP contribution < -0.4 is 10.5 Å². The minimum absolute atomic E-state index is 0.0186. The van der Waals surface area contributed by atoms with Crippen LogP contribution in [0.2, 0.25) is 0 Å². The fraction of sp³-hybridized carbons (Fsp3) is 0.176. The SMILES string of the molecule is COc1csc(C(N)Cc2ccc3ccccc3c2)c1. The van der Waals surface area contributed by atoms with Crippen LogP contribution in [-0.4, -0.2) is 7.11 Å². The Morgan fingerprint density at radius 3 is 2.65 bits per heavy atom. The van der Waals surface area contributed by atoms with Gasteiger partial charge in [-0.1, -0.05) is 42.5 Å². The molecule has 2 N–H and O–H groups in total. The maximum Gasteiger partial charge on any atom is 0.129 e. The molecule has 1 atom stereocenters. The number of hydrogen-bond donors (Lipinski definition) is 1. The zero-order valence-corrected chi connectivity index (χ0v) is 12.2. The Hall–Kier alpha value is -1.84. The van der Waals surface area contributed by atoms with Crippen molar-refractivity contribution >= 4 is 22.1 Å². The molecule has 3 aromatic rings. The largest absolute Gasteiger partial charge is 0.496 e. The van der Waals surface area contributed by atoms with Gasteiger partial charge in [0.1, 0.15) is 5.75 Å². The molecule has 0 fully saturated rings. The van der Waals surface area contributed by atoms with E-state index in [0.717, 1.165) is 17.0 Å².